The molecule has 0 aliphatic carbocycles. The molecular formula is C28H19FN4. The first-order valence-corrected chi connectivity index (χ1v) is 10.7. The Morgan fingerprint density at radius 3 is 1.88 bits per heavy atom. The number of benzene rings is 4. The Morgan fingerprint density at radius 1 is 0.576 bits per heavy atom. The largest absolute Gasteiger partial charge is 0.338 e. The number of nitrogens with zero attached hydrogens (tertiary/aromatic N) is 2. The topological polar surface area (TPSA) is 57.4 Å². The van der Waals surface area contributed by atoms with Gasteiger partial charge in [0.1, 0.15) is 17.5 Å². The highest BCUT2D eigenvalue weighted by Crippen LogP contribution is 2.36. The van der Waals surface area contributed by atoms with Crippen molar-refractivity contribution < 1.29 is 4.39 Å². The van der Waals surface area contributed by atoms with Gasteiger partial charge in [0.2, 0.25) is 0 Å². The summed E-state index contributed by atoms with van der Waals surface area (Å²) in [4.78, 5) is 16.5. The number of hydrogen-bond donors (Lipinski definition) is 2. The van der Waals surface area contributed by atoms with Crippen LogP contribution in [0.15, 0.2) is 103 Å². The van der Waals surface area contributed by atoms with Gasteiger partial charge in [-0.1, -0.05) is 84.9 Å². The minimum absolute atomic E-state index is 0.294. The molecule has 0 atom stereocenters. The van der Waals surface area contributed by atoms with E-state index < -0.39 is 0 Å². The van der Waals surface area contributed by atoms with Crippen molar-refractivity contribution in [3.8, 4) is 45.3 Å². The fourth-order valence-corrected chi connectivity index (χ4v) is 4.12. The van der Waals surface area contributed by atoms with Crippen LogP contribution in [-0.4, -0.2) is 19.9 Å². The summed E-state index contributed by atoms with van der Waals surface area (Å²) in [5.74, 6) is 1.12. The summed E-state index contributed by atoms with van der Waals surface area (Å²) in [5.41, 5.74) is 7.13. The molecule has 5 heteroatoms. The van der Waals surface area contributed by atoms with E-state index in [-0.39, 0.29) is 5.82 Å². The zero-order chi connectivity index (χ0) is 22.2. The molecule has 2 aromatic heterocycles. The molecular weight excluding hydrogens is 411 g/mol. The Labute approximate surface area is 189 Å². The highest BCUT2D eigenvalue weighted by atomic mass is 19.1. The maximum atomic E-state index is 13.7. The van der Waals surface area contributed by atoms with Crippen molar-refractivity contribution in [3.63, 3.8) is 0 Å². The van der Waals surface area contributed by atoms with Crippen molar-refractivity contribution in [2.24, 2.45) is 0 Å². The number of hydrogen-bond acceptors (Lipinski definition) is 2. The van der Waals surface area contributed by atoms with E-state index in [1.54, 1.807) is 6.07 Å². The Kier molecular flexibility index (Phi) is 4.58. The van der Waals surface area contributed by atoms with Crippen LogP contribution in [0.4, 0.5) is 4.39 Å². The number of H-pyrrole nitrogens is 2. The van der Waals surface area contributed by atoms with Gasteiger partial charge in [0, 0.05) is 22.3 Å². The van der Waals surface area contributed by atoms with E-state index >= 15 is 0 Å². The quantitative estimate of drug-likeness (QED) is 0.314. The molecule has 2 heterocycles. The second kappa shape index (κ2) is 7.88. The molecule has 6 aromatic rings. The van der Waals surface area contributed by atoms with Gasteiger partial charge in [-0.25, -0.2) is 14.4 Å². The van der Waals surface area contributed by atoms with Gasteiger partial charge in [0.25, 0.3) is 0 Å². The zero-order valence-corrected chi connectivity index (χ0v) is 17.6. The summed E-state index contributed by atoms with van der Waals surface area (Å²) in [6.45, 7) is 0. The predicted octanol–water partition coefficient (Wildman–Crippen LogP) is 7.09. The number of fused-ring (bicyclic) bond motifs is 1. The molecule has 0 fully saturated rings. The summed E-state index contributed by atoms with van der Waals surface area (Å²) in [7, 11) is 0. The molecule has 0 spiro atoms. The second-order valence-electron chi connectivity index (χ2n) is 7.83. The van der Waals surface area contributed by atoms with Crippen molar-refractivity contribution in [2.45, 2.75) is 0 Å². The molecule has 0 aliphatic heterocycles. The standard InChI is InChI=1S/C28H19FN4/c29-20-15-16-23-24(17-20)31-27(30-23)21-13-7-8-14-22(21)28-32-25(18-9-3-1-4-10-18)26(33-28)19-11-5-2-6-12-19/h1-17H,(H,30,31)(H,32,33). The molecule has 2 N–H and O–H groups in total. The molecule has 0 saturated heterocycles. The summed E-state index contributed by atoms with van der Waals surface area (Å²) in [6.07, 6.45) is 0. The highest BCUT2D eigenvalue weighted by molar-refractivity contribution is 5.87. The first kappa shape index (κ1) is 19.2. The van der Waals surface area contributed by atoms with Gasteiger partial charge in [0.05, 0.1) is 22.4 Å². The zero-order valence-electron chi connectivity index (χ0n) is 17.6. The number of imidazole rings is 2. The van der Waals surface area contributed by atoms with E-state index in [9.17, 15) is 4.39 Å². The van der Waals surface area contributed by atoms with Gasteiger partial charge in [-0.05, 0) is 18.2 Å². The highest BCUT2D eigenvalue weighted by Gasteiger charge is 2.18. The van der Waals surface area contributed by atoms with Crippen molar-refractivity contribution in [1.82, 2.24) is 19.9 Å². The van der Waals surface area contributed by atoms with Crippen LogP contribution in [0.2, 0.25) is 0 Å². The molecule has 6 rings (SSSR count). The van der Waals surface area contributed by atoms with Crippen molar-refractivity contribution in [2.75, 3.05) is 0 Å². The number of halogens is 1. The monoisotopic (exact) mass is 430 g/mol. The minimum atomic E-state index is -0.294. The molecule has 0 aliphatic rings. The summed E-state index contributed by atoms with van der Waals surface area (Å²) in [6, 6.07) is 32.9. The Morgan fingerprint density at radius 2 is 1.18 bits per heavy atom. The molecule has 4 nitrogen and oxygen atoms in total. The summed E-state index contributed by atoms with van der Waals surface area (Å²) in [5, 5.41) is 0. The van der Waals surface area contributed by atoms with Gasteiger partial charge in [0.15, 0.2) is 0 Å². The molecule has 0 amide bonds. The third-order valence-electron chi connectivity index (χ3n) is 5.69. The minimum Gasteiger partial charge on any atom is -0.338 e. The van der Waals surface area contributed by atoms with Gasteiger partial charge >= 0.3 is 0 Å². The third-order valence-corrected chi connectivity index (χ3v) is 5.69. The summed E-state index contributed by atoms with van der Waals surface area (Å²) < 4.78 is 13.7. The van der Waals surface area contributed by atoms with Crippen LogP contribution in [0.5, 0.6) is 0 Å². The van der Waals surface area contributed by atoms with Crippen LogP contribution >= 0.6 is 0 Å². The lowest BCUT2D eigenvalue weighted by molar-refractivity contribution is 0.629. The molecule has 0 radical (unpaired) electrons. The van der Waals surface area contributed by atoms with Crippen LogP contribution in [0.3, 0.4) is 0 Å². The maximum absolute atomic E-state index is 13.7. The van der Waals surface area contributed by atoms with Crippen molar-refractivity contribution >= 4 is 11.0 Å². The average molecular weight is 430 g/mol. The Hall–Kier alpha value is -4.51. The number of aromatic amines is 2. The average Bonchev–Trinajstić information content (AvgIpc) is 3.50. The van der Waals surface area contributed by atoms with Gasteiger partial charge in [-0.15, -0.1) is 0 Å². The fraction of sp³-hybridized carbons (Fsp3) is 0. The SMILES string of the molecule is Fc1ccc2nc(-c3ccccc3-c3nc(-c4ccccc4)c(-c4ccccc4)[nH]3)[nH]c2c1. The van der Waals surface area contributed by atoms with Crippen molar-refractivity contribution in [3.05, 3.63) is 109 Å². The predicted molar refractivity (Wildman–Crippen MR) is 130 cm³/mol. The molecule has 0 saturated carbocycles. The van der Waals surface area contributed by atoms with Crippen LogP contribution < -0.4 is 0 Å². The van der Waals surface area contributed by atoms with Crippen LogP contribution in [0.25, 0.3) is 56.3 Å². The fourth-order valence-electron chi connectivity index (χ4n) is 4.12. The van der Waals surface area contributed by atoms with E-state index in [1.807, 2.05) is 60.7 Å². The molecule has 4 aromatic carbocycles. The number of nitrogens with one attached hydrogen (secondary N) is 2. The number of rotatable bonds is 4. The first-order chi connectivity index (χ1) is 16.3. The summed E-state index contributed by atoms with van der Waals surface area (Å²) >= 11 is 0. The van der Waals surface area contributed by atoms with E-state index in [4.69, 9.17) is 9.97 Å². The Bertz CT molecular complexity index is 1510. The lowest BCUT2D eigenvalue weighted by atomic mass is 10.1. The van der Waals surface area contributed by atoms with Crippen molar-refractivity contribution in [1.29, 1.82) is 0 Å². The molecule has 158 valence electrons. The van der Waals surface area contributed by atoms with Gasteiger partial charge in [-0.2, -0.15) is 0 Å². The van der Waals surface area contributed by atoms with Gasteiger partial charge < -0.3 is 9.97 Å². The smallest absolute Gasteiger partial charge is 0.139 e. The van der Waals surface area contributed by atoms with E-state index in [2.05, 4.69) is 34.2 Å². The maximum Gasteiger partial charge on any atom is 0.139 e. The van der Waals surface area contributed by atoms with E-state index in [0.717, 1.165) is 45.0 Å². The van der Waals surface area contributed by atoms with E-state index in [1.165, 1.54) is 12.1 Å². The second-order valence-corrected chi connectivity index (χ2v) is 7.83. The number of aromatic nitrogens is 4. The van der Waals surface area contributed by atoms with Crippen LogP contribution in [0.1, 0.15) is 0 Å². The first-order valence-electron chi connectivity index (χ1n) is 10.7. The normalized spacial score (nSPS) is 11.2. The van der Waals surface area contributed by atoms with Crippen LogP contribution in [-0.2, 0) is 0 Å². The molecule has 33 heavy (non-hydrogen) atoms. The van der Waals surface area contributed by atoms with Crippen LogP contribution in [0, 0.1) is 5.82 Å². The lowest BCUT2D eigenvalue weighted by Gasteiger charge is -2.04. The van der Waals surface area contributed by atoms with E-state index in [0.29, 0.717) is 11.3 Å². The third kappa shape index (κ3) is 3.49. The lowest BCUT2D eigenvalue weighted by Crippen LogP contribution is -1.88. The molecule has 0 bridgehead atoms. The molecule has 0 unspecified atom stereocenters. The Balaban J connectivity index is 1.54. The van der Waals surface area contributed by atoms with Gasteiger partial charge in [-0.3, -0.25) is 0 Å².